The Hall–Kier alpha value is -0.820. The van der Waals surface area contributed by atoms with Crippen molar-refractivity contribution in [3.05, 3.63) is 34.3 Å². The summed E-state index contributed by atoms with van der Waals surface area (Å²) in [7, 11) is 0. The van der Waals surface area contributed by atoms with Crippen molar-refractivity contribution in [2.45, 2.75) is 25.7 Å². The Morgan fingerprint density at radius 3 is 3.00 bits per heavy atom. The highest BCUT2D eigenvalue weighted by Crippen LogP contribution is 2.36. The van der Waals surface area contributed by atoms with E-state index >= 15 is 0 Å². The van der Waals surface area contributed by atoms with Crippen molar-refractivity contribution in [3.8, 4) is 0 Å². The van der Waals surface area contributed by atoms with Gasteiger partial charge in [-0.05, 0) is 30.0 Å². The largest absolute Gasteiger partial charge is 0.294 e. The molecule has 0 spiro atoms. The van der Waals surface area contributed by atoms with E-state index in [0.29, 0.717) is 17.4 Å². The number of carbonyl (C=O) groups excluding carboxylic acids is 1. The molecule has 0 fully saturated rings. The van der Waals surface area contributed by atoms with Gasteiger partial charge in [-0.25, -0.2) is 0 Å². The van der Waals surface area contributed by atoms with Gasteiger partial charge in [0.05, 0.1) is 0 Å². The van der Waals surface area contributed by atoms with Crippen LogP contribution in [0.5, 0.6) is 0 Å². The molecule has 13 heavy (non-hydrogen) atoms. The summed E-state index contributed by atoms with van der Waals surface area (Å²) in [5, 5.41) is 0.656. The van der Waals surface area contributed by atoms with Crippen molar-refractivity contribution in [1.29, 1.82) is 0 Å². The first kappa shape index (κ1) is 8.76. The molecular formula is C11H11ClO. The SMILES string of the molecule is CCC1CC(=O)c2cc(Cl)ccc21. The van der Waals surface area contributed by atoms with E-state index in [2.05, 4.69) is 6.92 Å². The fourth-order valence-electron chi connectivity index (χ4n) is 1.93. The lowest BCUT2D eigenvalue weighted by Crippen LogP contribution is -1.90. The van der Waals surface area contributed by atoms with Crippen molar-refractivity contribution in [2.75, 3.05) is 0 Å². The Kier molecular flexibility index (Phi) is 2.12. The normalized spacial score (nSPS) is 20.5. The number of rotatable bonds is 1. The first-order chi connectivity index (χ1) is 6.22. The first-order valence-corrected chi connectivity index (χ1v) is 4.92. The van der Waals surface area contributed by atoms with Gasteiger partial charge in [-0.3, -0.25) is 4.79 Å². The van der Waals surface area contributed by atoms with E-state index in [1.165, 1.54) is 5.56 Å². The van der Waals surface area contributed by atoms with Crippen LogP contribution in [0.2, 0.25) is 5.02 Å². The van der Waals surface area contributed by atoms with Gasteiger partial charge in [0.25, 0.3) is 0 Å². The summed E-state index contributed by atoms with van der Waals surface area (Å²) in [5.41, 5.74) is 2.01. The number of ketones is 1. The molecule has 1 nitrogen and oxygen atoms in total. The van der Waals surface area contributed by atoms with Crippen molar-refractivity contribution in [3.63, 3.8) is 0 Å². The summed E-state index contributed by atoms with van der Waals surface area (Å²) >= 11 is 5.83. The molecule has 1 unspecified atom stereocenters. The lowest BCUT2D eigenvalue weighted by atomic mass is 9.99. The molecule has 0 heterocycles. The number of benzene rings is 1. The van der Waals surface area contributed by atoms with Gasteiger partial charge < -0.3 is 0 Å². The molecule has 1 aliphatic rings. The van der Waals surface area contributed by atoms with Crippen molar-refractivity contribution in [2.24, 2.45) is 0 Å². The second-order valence-electron chi connectivity index (χ2n) is 3.46. The molecule has 0 bridgehead atoms. The van der Waals surface area contributed by atoms with E-state index in [-0.39, 0.29) is 5.78 Å². The number of Topliss-reactive ketones (excluding diaryl/α,β-unsaturated/α-hetero) is 1. The monoisotopic (exact) mass is 194 g/mol. The third-order valence-corrected chi connectivity index (χ3v) is 2.92. The zero-order valence-corrected chi connectivity index (χ0v) is 8.27. The average molecular weight is 195 g/mol. The van der Waals surface area contributed by atoms with Gasteiger partial charge in [-0.1, -0.05) is 24.6 Å². The minimum Gasteiger partial charge on any atom is -0.294 e. The Morgan fingerprint density at radius 1 is 1.54 bits per heavy atom. The highest BCUT2D eigenvalue weighted by molar-refractivity contribution is 6.31. The fraction of sp³-hybridized carbons (Fsp3) is 0.364. The van der Waals surface area contributed by atoms with E-state index in [1.54, 1.807) is 6.07 Å². The second-order valence-corrected chi connectivity index (χ2v) is 3.90. The molecule has 68 valence electrons. The summed E-state index contributed by atoms with van der Waals surface area (Å²) in [6, 6.07) is 5.63. The molecule has 0 saturated carbocycles. The van der Waals surface area contributed by atoms with Crippen LogP contribution in [0.3, 0.4) is 0 Å². The third kappa shape index (κ3) is 1.37. The molecule has 2 rings (SSSR count). The topological polar surface area (TPSA) is 17.1 Å². The quantitative estimate of drug-likeness (QED) is 0.670. The van der Waals surface area contributed by atoms with Gasteiger partial charge in [0.15, 0.2) is 5.78 Å². The maximum Gasteiger partial charge on any atom is 0.163 e. The molecule has 1 aliphatic carbocycles. The number of halogens is 1. The van der Waals surface area contributed by atoms with E-state index in [9.17, 15) is 4.79 Å². The standard InChI is InChI=1S/C11H11ClO/c1-2-7-5-11(13)10-6-8(12)3-4-9(7)10/h3-4,6-7H,2,5H2,1H3. The van der Waals surface area contributed by atoms with E-state index in [4.69, 9.17) is 11.6 Å². The zero-order chi connectivity index (χ0) is 9.42. The number of hydrogen-bond acceptors (Lipinski definition) is 1. The molecule has 0 radical (unpaired) electrons. The van der Waals surface area contributed by atoms with Crippen LogP contribution in [-0.4, -0.2) is 5.78 Å². The summed E-state index contributed by atoms with van der Waals surface area (Å²) in [6.07, 6.45) is 1.69. The molecule has 0 aliphatic heterocycles. The van der Waals surface area contributed by atoms with Gasteiger partial charge in [0.2, 0.25) is 0 Å². The average Bonchev–Trinajstić information content (AvgIpc) is 2.43. The number of fused-ring (bicyclic) bond motifs is 1. The minimum atomic E-state index is 0.240. The maximum atomic E-state index is 11.5. The van der Waals surface area contributed by atoms with Crippen LogP contribution in [0, 0.1) is 0 Å². The fourth-order valence-corrected chi connectivity index (χ4v) is 2.11. The van der Waals surface area contributed by atoms with Crippen LogP contribution in [0.15, 0.2) is 18.2 Å². The summed E-state index contributed by atoms with van der Waals surface area (Å²) in [5.74, 6) is 0.657. The Morgan fingerprint density at radius 2 is 2.31 bits per heavy atom. The number of hydrogen-bond donors (Lipinski definition) is 0. The second kappa shape index (κ2) is 3.15. The van der Waals surface area contributed by atoms with Crippen LogP contribution >= 0.6 is 11.6 Å². The highest BCUT2D eigenvalue weighted by atomic mass is 35.5. The van der Waals surface area contributed by atoms with Gasteiger partial charge >= 0.3 is 0 Å². The minimum absolute atomic E-state index is 0.240. The van der Waals surface area contributed by atoms with Gasteiger partial charge in [0, 0.05) is 17.0 Å². The molecule has 1 aromatic carbocycles. The van der Waals surface area contributed by atoms with Gasteiger partial charge in [-0.2, -0.15) is 0 Å². The molecule has 2 heteroatoms. The van der Waals surface area contributed by atoms with Crippen molar-refractivity contribution >= 4 is 17.4 Å². The Labute approximate surface area is 82.7 Å². The van der Waals surface area contributed by atoms with Crippen LogP contribution in [0.25, 0.3) is 0 Å². The van der Waals surface area contributed by atoms with Crippen molar-refractivity contribution in [1.82, 2.24) is 0 Å². The molecule has 1 atom stereocenters. The van der Waals surface area contributed by atoms with E-state index in [0.717, 1.165) is 12.0 Å². The Bertz CT molecular complexity index is 357. The molecule has 0 saturated heterocycles. The lowest BCUT2D eigenvalue weighted by Gasteiger charge is -2.05. The predicted octanol–water partition coefficient (Wildman–Crippen LogP) is 3.42. The smallest absolute Gasteiger partial charge is 0.163 e. The summed E-state index contributed by atoms with van der Waals surface area (Å²) in [6.45, 7) is 2.11. The van der Waals surface area contributed by atoms with Crippen LogP contribution in [-0.2, 0) is 0 Å². The maximum absolute atomic E-state index is 11.5. The van der Waals surface area contributed by atoms with Crippen LogP contribution in [0.4, 0.5) is 0 Å². The first-order valence-electron chi connectivity index (χ1n) is 4.55. The van der Waals surface area contributed by atoms with Crippen LogP contribution < -0.4 is 0 Å². The van der Waals surface area contributed by atoms with Crippen molar-refractivity contribution < 1.29 is 4.79 Å². The van der Waals surface area contributed by atoms with E-state index < -0.39 is 0 Å². The van der Waals surface area contributed by atoms with E-state index in [1.807, 2.05) is 12.1 Å². The highest BCUT2D eigenvalue weighted by Gasteiger charge is 2.27. The predicted molar refractivity (Wildman–Crippen MR) is 53.4 cm³/mol. The summed E-state index contributed by atoms with van der Waals surface area (Å²) in [4.78, 5) is 11.5. The molecule has 0 N–H and O–H groups in total. The molecule has 0 amide bonds. The lowest BCUT2D eigenvalue weighted by molar-refractivity contribution is 0.0988. The molecular weight excluding hydrogens is 184 g/mol. The zero-order valence-electron chi connectivity index (χ0n) is 7.51. The molecule has 1 aromatic rings. The summed E-state index contributed by atoms with van der Waals surface area (Å²) < 4.78 is 0. The molecule has 0 aromatic heterocycles. The van der Waals surface area contributed by atoms with Gasteiger partial charge in [0.1, 0.15) is 0 Å². The third-order valence-electron chi connectivity index (χ3n) is 2.68. The number of carbonyl (C=O) groups is 1. The Balaban J connectivity index is 2.52. The van der Waals surface area contributed by atoms with Crippen LogP contribution in [0.1, 0.15) is 41.6 Å². The van der Waals surface area contributed by atoms with Gasteiger partial charge in [-0.15, -0.1) is 0 Å².